The number of benzene rings is 2. The van der Waals surface area contributed by atoms with Crippen LogP contribution < -0.4 is 5.32 Å². The third-order valence-electron chi connectivity index (χ3n) is 5.20. The number of carbonyl (C=O) groups is 1. The van der Waals surface area contributed by atoms with Crippen LogP contribution in [0.4, 0.5) is 5.69 Å². The molecule has 1 aromatic heterocycles. The lowest BCUT2D eigenvalue weighted by molar-refractivity contribution is -0.132. The average molecular weight is 414 g/mol. The third kappa shape index (κ3) is 4.65. The van der Waals surface area contributed by atoms with Crippen molar-refractivity contribution in [2.75, 3.05) is 18.4 Å². The molecule has 3 aromatic rings. The lowest BCUT2D eigenvalue weighted by atomic mass is 10.0. The minimum atomic E-state index is 0.261. The number of aromatic nitrogens is 1. The Hall–Kier alpha value is -2.11. The maximum Gasteiger partial charge on any atom is 0.222 e. The van der Waals surface area contributed by atoms with Gasteiger partial charge in [0.25, 0.3) is 0 Å². The molecule has 0 unspecified atom stereocenters. The Labute approximate surface area is 174 Å². The lowest BCUT2D eigenvalue weighted by Crippen LogP contribution is -2.42. The normalized spacial score (nSPS) is 15.1. The fraction of sp³-hybridized carbons (Fsp3) is 0.364. The number of piperidine rings is 1. The van der Waals surface area contributed by atoms with Gasteiger partial charge in [0.1, 0.15) is 0 Å². The molecule has 28 heavy (non-hydrogen) atoms. The van der Waals surface area contributed by atoms with Crippen molar-refractivity contribution < 1.29 is 4.79 Å². The van der Waals surface area contributed by atoms with Crippen LogP contribution in [-0.4, -0.2) is 34.9 Å². The van der Waals surface area contributed by atoms with Gasteiger partial charge in [-0.3, -0.25) is 4.79 Å². The van der Waals surface area contributed by atoms with Crippen molar-refractivity contribution in [3.63, 3.8) is 0 Å². The highest BCUT2D eigenvalue weighted by Crippen LogP contribution is 2.25. The molecule has 0 atom stereocenters. The number of likely N-dealkylation sites (tertiary alicyclic amines) is 1. The van der Waals surface area contributed by atoms with Crippen LogP contribution in [0, 0.1) is 0 Å². The number of nitrogens with zero attached hydrogens (tertiary/aromatic N) is 2. The molecule has 0 spiro atoms. The molecular formula is C22H24ClN3OS. The van der Waals surface area contributed by atoms with Gasteiger partial charge in [0.05, 0.1) is 25.9 Å². The van der Waals surface area contributed by atoms with Gasteiger partial charge in [-0.1, -0.05) is 35.9 Å². The summed E-state index contributed by atoms with van der Waals surface area (Å²) in [6, 6.07) is 16.4. The van der Waals surface area contributed by atoms with E-state index in [1.807, 2.05) is 47.4 Å². The number of rotatable bonds is 6. The van der Waals surface area contributed by atoms with E-state index in [0.29, 0.717) is 12.5 Å². The van der Waals surface area contributed by atoms with Crippen LogP contribution in [-0.2, 0) is 11.2 Å². The number of thiazole rings is 1. The van der Waals surface area contributed by atoms with E-state index in [9.17, 15) is 4.79 Å². The fourth-order valence-corrected chi connectivity index (χ4v) is 4.85. The van der Waals surface area contributed by atoms with Gasteiger partial charge in [-0.2, -0.15) is 0 Å². The molecule has 1 aliphatic rings. The molecule has 4 rings (SSSR count). The average Bonchev–Trinajstić information content (AvgIpc) is 3.13. The number of fused-ring (bicyclic) bond motifs is 1. The molecule has 2 heterocycles. The molecule has 6 heteroatoms. The summed E-state index contributed by atoms with van der Waals surface area (Å²) in [6.45, 7) is 1.62. The molecule has 0 radical (unpaired) electrons. The van der Waals surface area contributed by atoms with Crippen LogP contribution in [0.2, 0.25) is 5.02 Å². The summed E-state index contributed by atoms with van der Waals surface area (Å²) in [6.07, 6.45) is 4.23. The number of hydrogen-bond acceptors (Lipinski definition) is 4. The van der Waals surface area contributed by atoms with E-state index in [-0.39, 0.29) is 5.91 Å². The summed E-state index contributed by atoms with van der Waals surface area (Å²) in [4.78, 5) is 19.2. The summed E-state index contributed by atoms with van der Waals surface area (Å²) in [7, 11) is 0. The van der Waals surface area contributed by atoms with Crippen LogP contribution in [0.25, 0.3) is 10.2 Å². The number of halogens is 1. The van der Waals surface area contributed by atoms with E-state index in [1.165, 1.54) is 4.70 Å². The molecule has 2 aromatic carbocycles. The van der Waals surface area contributed by atoms with Crippen molar-refractivity contribution in [1.29, 1.82) is 0 Å². The molecule has 0 bridgehead atoms. The summed E-state index contributed by atoms with van der Waals surface area (Å²) in [5.74, 6) is 0.261. The summed E-state index contributed by atoms with van der Waals surface area (Å²) in [5, 5.41) is 5.38. The minimum absolute atomic E-state index is 0.261. The number of anilines is 1. The highest BCUT2D eigenvalue weighted by molar-refractivity contribution is 7.18. The quantitative estimate of drug-likeness (QED) is 0.590. The maximum absolute atomic E-state index is 12.5. The van der Waals surface area contributed by atoms with Crippen molar-refractivity contribution >= 4 is 44.7 Å². The van der Waals surface area contributed by atoms with Gasteiger partial charge >= 0.3 is 0 Å². The zero-order valence-electron chi connectivity index (χ0n) is 15.7. The topological polar surface area (TPSA) is 45.2 Å². The standard InChI is InChI=1S/C22H24ClN3OS/c23-17-6-1-2-7-18(17)24-16-12-14-26(15-13-16)22(27)11-5-10-21-25-19-8-3-4-9-20(19)28-21/h1-4,6-9,16,24H,5,10-15H2. The van der Waals surface area contributed by atoms with E-state index in [2.05, 4.69) is 16.4 Å². The number of nitrogens with one attached hydrogen (secondary N) is 1. The fourth-order valence-electron chi connectivity index (χ4n) is 3.65. The first kappa shape index (κ1) is 19.2. The first-order chi connectivity index (χ1) is 13.7. The second-order valence-corrected chi connectivity index (χ2v) is 8.73. The van der Waals surface area contributed by atoms with Crippen molar-refractivity contribution in [3.8, 4) is 0 Å². The molecule has 1 fully saturated rings. The van der Waals surface area contributed by atoms with Gasteiger partial charge < -0.3 is 10.2 Å². The third-order valence-corrected chi connectivity index (χ3v) is 6.63. The lowest BCUT2D eigenvalue weighted by Gasteiger charge is -2.33. The number of carbonyl (C=O) groups excluding carboxylic acids is 1. The van der Waals surface area contributed by atoms with Gasteiger partial charge in [0.15, 0.2) is 0 Å². The Balaban J connectivity index is 1.21. The van der Waals surface area contributed by atoms with Gasteiger partial charge in [-0.25, -0.2) is 4.98 Å². The first-order valence-electron chi connectivity index (χ1n) is 9.82. The van der Waals surface area contributed by atoms with E-state index < -0.39 is 0 Å². The Morgan fingerprint density at radius 2 is 1.89 bits per heavy atom. The molecule has 0 saturated carbocycles. The maximum atomic E-state index is 12.5. The number of aryl methyl sites for hydroxylation is 1. The smallest absolute Gasteiger partial charge is 0.222 e. The predicted octanol–water partition coefficient (Wildman–Crippen LogP) is 5.38. The number of hydrogen-bond donors (Lipinski definition) is 1. The minimum Gasteiger partial charge on any atom is -0.381 e. The monoisotopic (exact) mass is 413 g/mol. The molecule has 4 nitrogen and oxygen atoms in total. The van der Waals surface area contributed by atoms with Crippen molar-refractivity contribution in [1.82, 2.24) is 9.88 Å². The molecular weight excluding hydrogens is 390 g/mol. The summed E-state index contributed by atoms with van der Waals surface area (Å²) < 4.78 is 1.22. The van der Waals surface area contributed by atoms with E-state index in [4.69, 9.17) is 11.6 Å². The summed E-state index contributed by atoms with van der Waals surface area (Å²) >= 11 is 7.96. The van der Waals surface area contributed by atoms with E-state index in [0.717, 1.165) is 60.0 Å². The second-order valence-electron chi connectivity index (χ2n) is 7.21. The highest BCUT2D eigenvalue weighted by atomic mass is 35.5. The van der Waals surface area contributed by atoms with Crippen molar-refractivity contribution in [3.05, 3.63) is 58.6 Å². The van der Waals surface area contributed by atoms with Gasteiger partial charge in [-0.05, 0) is 49.9 Å². The molecule has 146 valence electrons. The van der Waals surface area contributed by atoms with Crippen LogP contribution in [0.15, 0.2) is 48.5 Å². The van der Waals surface area contributed by atoms with Crippen LogP contribution in [0.3, 0.4) is 0 Å². The second kappa shape index (κ2) is 8.93. The van der Waals surface area contributed by atoms with Gasteiger partial charge in [0.2, 0.25) is 5.91 Å². The Morgan fingerprint density at radius 1 is 1.14 bits per heavy atom. The molecule has 1 aliphatic heterocycles. The number of amides is 1. The number of para-hydroxylation sites is 2. The highest BCUT2D eigenvalue weighted by Gasteiger charge is 2.22. The molecule has 1 N–H and O–H groups in total. The van der Waals surface area contributed by atoms with E-state index in [1.54, 1.807) is 11.3 Å². The van der Waals surface area contributed by atoms with Gasteiger partial charge in [0, 0.05) is 25.6 Å². The SMILES string of the molecule is O=C(CCCc1nc2ccccc2s1)N1CCC(Nc2ccccc2Cl)CC1. The Kier molecular flexibility index (Phi) is 6.13. The van der Waals surface area contributed by atoms with Crippen molar-refractivity contribution in [2.45, 2.75) is 38.1 Å². The van der Waals surface area contributed by atoms with Crippen LogP contribution in [0.1, 0.15) is 30.7 Å². The first-order valence-corrected chi connectivity index (χ1v) is 11.0. The zero-order chi connectivity index (χ0) is 19.3. The Morgan fingerprint density at radius 3 is 2.68 bits per heavy atom. The molecule has 1 amide bonds. The van der Waals surface area contributed by atoms with Crippen LogP contribution in [0.5, 0.6) is 0 Å². The zero-order valence-corrected chi connectivity index (χ0v) is 17.3. The largest absolute Gasteiger partial charge is 0.381 e. The van der Waals surface area contributed by atoms with E-state index >= 15 is 0 Å². The van der Waals surface area contributed by atoms with Crippen LogP contribution >= 0.6 is 22.9 Å². The predicted molar refractivity (Wildman–Crippen MR) is 117 cm³/mol. The molecule has 0 aliphatic carbocycles. The van der Waals surface area contributed by atoms with Gasteiger partial charge in [-0.15, -0.1) is 11.3 Å². The molecule has 1 saturated heterocycles. The summed E-state index contributed by atoms with van der Waals surface area (Å²) in [5.41, 5.74) is 2.03. The Bertz CT molecular complexity index is 917. The van der Waals surface area contributed by atoms with Crippen molar-refractivity contribution in [2.24, 2.45) is 0 Å².